The molecule has 2 unspecified atom stereocenters. The number of hydrogen-bond acceptors (Lipinski definition) is 10. The molecule has 4 aromatic rings. The smallest absolute Gasteiger partial charge is 0.262 e. The Morgan fingerprint density at radius 1 is 0.891 bits per heavy atom. The topological polar surface area (TPSA) is 153 Å². The maximum absolute atomic E-state index is 16.1. The van der Waals surface area contributed by atoms with Gasteiger partial charge in [-0.3, -0.25) is 39.1 Å². The lowest BCUT2D eigenvalue weighted by atomic mass is 9.92. The summed E-state index contributed by atoms with van der Waals surface area (Å²) in [7, 11) is 0. The predicted molar refractivity (Wildman–Crippen MR) is 196 cm³/mol. The quantitative estimate of drug-likeness (QED) is 0.282. The van der Waals surface area contributed by atoms with Crippen molar-refractivity contribution in [2.75, 3.05) is 42.9 Å². The minimum atomic E-state index is -1.44. The number of rotatable bonds is 6. The Bertz CT molecular complexity index is 2460. The summed E-state index contributed by atoms with van der Waals surface area (Å²) in [6, 6.07) is 10.0. The number of nitrogens with one attached hydrogen (secondary N) is 2. The molecule has 2 aromatic heterocycles. The molecule has 8 heterocycles. The van der Waals surface area contributed by atoms with Gasteiger partial charge in [0, 0.05) is 73.9 Å². The molecule has 6 aliphatic heterocycles. The molecule has 15 heteroatoms. The van der Waals surface area contributed by atoms with Crippen molar-refractivity contribution in [3.63, 3.8) is 0 Å². The number of imide groups is 2. The number of likely N-dealkylation sites (tertiary alicyclic amines) is 1. The van der Waals surface area contributed by atoms with Crippen LogP contribution in [-0.2, 0) is 16.1 Å². The Kier molecular flexibility index (Phi) is 6.80. The summed E-state index contributed by atoms with van der Waals surface area (Å²) >= 11 is 0. The Hall–Kier alpha value is -5.96. The van der Waals surface area contributed by atoms with Crippen molar-refractivity contribution in [3.05, 3.63) is 93.9 Å². The lowest BCUT2D eigenvalue weighted by molar-refractivity contribution is -0.136. The second-order valence-corrected chi connectivity index (χ2v) is 15.9. The first-order valence-electron chi connectivity index (χ1n) is 18.9. The number of aromatic nitrogens is 3. The molecule has 7 aliphatic rings. The van der Waals surface area contributed by atoms with E-state index in [1.807, 2.05) is 28.3 Å². The number of halogens is 1. The van der Waals surface area contributed by atoms with Crippen molar-refractivity contribution in [3.8, 4) is 0 Å². The molecule has 0 spiro atoms. The summed E-state index contributed by atoms with van der Waals surface area (Å²) in [6.07, 6.45) is 8.14. The molecule has 14 nitrogen and oxygen atoms in total. The summed E-state index contributed by atoms with van der Waals surface area (Å²) < 4.78 is 17.8. The first-order valence-corrected chi connectivity index (χ1v) is 18.9. The van der Waals surface area contributed by atoms with Crippen molar-refractivity contribution in [2.24, 2.45) is 0 Å². The predicted octanol–water partition coefficient (Wildman–Crippen LogP) is 3.10. The Labute approximate surface area is 313 Å². The maximum Gasteiger partial charge on any atom is 0.262 e. The molecule has 0 bridgehead atoms. The molecule has 55 heavy (non-hydrogen) atoms. The molecular formula is C40H36FN9O5. The van der Waals surface area contributed by atoms with Crippen molar-refractivity contribution >= 4 is 52.3 Å². The van der Waals surface area contributed by atoms with Crippen molar-refractivity contribution in [1.82, 2.24) is 34.6 Å². The highest BCUT2D eigenvalue weighted by atomic mass is 19.1. The zero-order chi connectivity index (χ0) is 37.3. The summed E-state index contributed by atoms with van der Waals surface area (Å²) in [5.74, 6) is -1.86. The zero-order valence-electron chi connectivity index (χ0n) is 29.8. The van der Waals surface area contributed by atoms with Crippen LogP contribution in [-0.4, -0.2) is 109 Å². The number of fused-ring (bicyclic) bond motifs is 6. The van der Waals surface area contributed by atoms with Crippen LogP contribution in [0.15, 0.2) is 60.6 Å². The van der Waals surface area contributed by atoms with Crippen LogP contribution in [0, 0.1) is 0 Å². The number of benzene rings is 2. The molecule has 2 aromatic carbocycles. The molecule has 3 saturated heterocycles. The van der Waals surface area contributed by atoms with Gasteiger partial charge in [-0.2, -0.15) is 5.10 Å². The lowest BCUT2D eigenvalue weighted by Gasteiger charge is -2.49. The Morgan fingerprint density at radius 2 is 1.71 bits per heavy atom. The molecule has 4 fully saturated rings. The van der Waals surface area contributed by atoms with E-state index in [-0.39, 0.29) is 55.6 Å². The third kappa shape index (κ3) is 4.98. The van der Waals surface area contributed by atoms with Gasteiger partial charge in [-0.15, -0.1) is 0 Å². The second-order valence-electron chi connectivity index (χ2n) is 15.9. The van der Waals surface area contributed by atoms with Crippen LogP contribution in [0.1, 0.15) is 85.8 Å². The molecule has 278 valence electrons. The normalized spacial score (nSPS) is 24.5. The van der Waals surface area contributed by atoms with E-state index in [2.05, 4.69) is 37.7 Å². The molecule has 0 radical (unpaired) electrons. The minimum absolute atomic E-state index is 0.0499. The molecule has 1 aliphatic carbocycles. The molecule has 2 atom stereocenters. The van der Waals surface area contributed by atoms with Crippen LogP contribution in [0.25, 0.3) is 11.3 Å². The summed E-state index contributed by atoms with van der Waals surface area (Å²) in [5, 5.41) is 10.3. The highest BCUT2D eigenvalue weighted by Gasteiger charge is 2.49. The van der Waals surface area contributed by atoms with Gasteiger partial charge in [-0.05, 0) is 78.8 Å². The number of alkyl halides is 1. The summed E-state index contributed by atoms with van der Waals surface area (Å²) in [4.78, 5) is 75.7. The van der Waals surface area contributed by atoms with E-state index in [0.29, 0.717) is 31.2 Å². The van der Waals surface area contributed by atoms with Gasteiger partial charge < -0.3 is 15.1 Å². The average Bonchev–Trinajstić information content (AvgIpc) is 3.68. The molecule has 11 rings (SSSR count). The standard InChI is InChI=1S/C40H36FN9O5/c41-40(19-47(20-40)23-2-3-24-29(13-23)39(55)50(38(24)54)32-4-5-33(51)45-36(32)52)18-46-10-6-22(7-11-46)48-17-21-12-31-27(14-25(21)37(48)53)26-15-28(26)34(44-31)30-16-43-49-9-1-8-42-35(30)49/h1-3,8-9,12-14,16,22,26,32,44H,4-7,10-11,15,17-20H2,(H,45,51,52). The fraction of sp³-hybridized carbons (Fsp3) is 0.375. The van der Waals surface area contributed by atoms with Gasteiger partial charge >= 0.3 is 0 Å². The number of amides is 5. The molecular weight excluding hydrogens is 705 g/mol. The van der Waals surface area contributed by atoms with Gasteiger partial charge in [0.15, 0.2) is 11.3 Å². The van der Waals surface area contributed by atoms with Crippen molar-refractivity contribution < 1.29 is 28.4 Å². The van der Waals surface area contributed by atoms with E-state index in [1.54, 1.807) is 28.9 Å². The van der Waals surface area contributed by atoms with Crippen molar-refractivity contribution in [2.45, 2.75) is 62.3 Å². The molecule has 5 amide bonds. The number of carbonyl (C=O) groups is 5. The minimum Gasteiger partial charge on any atom is -0.365 e. The van der Waals surface area contributed by atoms with Crippen LogP contribution in [0.2, 0.25) is 0 Å². The Balaban J connectivity index is 0.708. The monoisotopic (exact) mass is 741 g/mol. The van der Waals surface area contributed by atoms with Crippen molar-refractivity contribution in [1.29, 1.82) is 0 Å². The number of anilines is 2. The first kappa shape index (κ1) is 32.5. The van der Waals surface area contributed by atoms with E-state index < -0.39 is 35.3 Å². The van der Waals surface area contributed by atoms with E-state index in [1.165, 1.54) is 11.1 Å². The average molecular weight is 742 g/mol. The molecule has 1 saturated carbocycles. The summed E-state index contributed by atoms with van der Waals surface area (Å²) in [5.41, 5.74) is 7.78. The zero-order valence-corrected chi connectivity index (χ0v) is 29.8. The van der Waals surface area contributed by atoms with Crippen LogP contribution in [0.5, 0.6) is 0 Å². The third-order valence-electron chi connectivity index (χ3n) is 12.5. The highest BCUT2D eigenvalue weighted by molar-refractivity contribution is 6.23. The van der Waals surface area contributed by atoms with E-state index in [9.17, 15) is 24.0 Å². The van der Waals surface area contributed by atoms with Gasteiger partial charge in [-0.25, -0.2) is 13.9 Å². The van der Waals surface area contributed by atoms with E-state index in [0.717, 1.165) is 57.9 Å². The largest absolute Gasteiger partial charge is 0.365 e. The highest BCUT2D eigenvalue weighted by Crippen LogP contribution is 2.57. The van der Waals surface area contributed by atoms with Crippen LogP contribution in [0.3, 0.4) is 0 Å². The van der Waals surface area contributed by atoms with Gasteiger partial charge in [-0.1, -0.05) is 0 Å². The van der Waals surface area contributed by atoms with E-state index >= 15 is 4.39 Å². The van der Waals surface area contributed by atoms with Crippen LogP contribution < -0.4 is 15.5 Å². The third-order valence-corrected chi connectivity index (χ3v) is 12.5. The Morgan fingerprint density at radius 3 is 2.53 bits per heavy atom. The molecule has 2 N–H and O–H groups in total. The van der Waals surface area contributed by atoms with Gasteiger partial charge in [0.05, 0.1) is 41.7 Å². The SMILES string of the molecule is O=C1CCC(N2C(=O)c3ccc(N4CC(F)(CN5CCC(N6Cc7cc8c(cc7C6=O)C6CC6=C(c6cnn7cccnc67)N8)CC5)C4)cc3C2=O)C(=O)N1. The number of carbonyl (C=O) groups excluding carboxylic acids is 5. The number of nitrogens with zero attached hydrogens (tertiary/aromatic N) is 7. The first-order chi connectivity index (χ1) is 26.6. The van der Waals surface area contributed by atoms with E-state index in [4.69, 9.17) is 0 Å². The van der Waals surface area contributed by atoms with Crippen LogP contribution >= 0.6 is 0 Å². The number of piperidine rings is 2. The van der Waals surface area contributed by atoms with Gasteiger partial charge in [0.2, 0.25) is 11.8 Å². The fourth-order valence-corrected chi connectivity index (χ4v) is 9.65. The number of allylic oxidation sites excluding steroid dienone is 1. The fourth-order valence-electron chi connectivity index (χ4n) is 9.65. The van der Waals surface area contributed by atoms with Gasteiger partial charge in [0.1, 0.15) is 6.04 Å². The lowest BCUT2D eigenvalue weighted by Crippen LogP contribution is -2.64. The van der Waals surface area contributed by atoms with Crippen LogP contribution in [0.4, 0.5) is 15.8 Å². The van der Waals surface area contributed by atoms with Gasteiger partial charge in [0.25, 0.3) is 17.7 Å². The number of hydrogen-bond donors (Lipinski definition) is 2. The maximum atomic E-state index is 16.1. The summed E-state index contributed by atoms with van der Waals surface area (Å²) in [6.45, 7) is 2.51. The second kappa shape index (κ2) is 11.5.